The number of Topliss-reactive ketones (excluding diaryl/α,β-unsaturated/α-hetero) is 1. The van der Waals surface area contributed by atoms with Gasteiger partial charge in [-0.1, -0.05) is 11.6 Å². The van der Waals surface area contributed by atoms with Gasteiger partial charge in [0.15, 0.2) is 5.78 Å². The molecule has 39 heavy (non-hydrogen) atoms. The molecule has 1 amide bonds. The summed E-state index contributed by atoms with van der Waals surface area (Å²) in [5, 5.41) is 8.30. The Hall–Kier alpha value is -3.77. The number of benzene rings is 1. The van der Waals surface area contributed by atoms with Gasteiger partial charge in [0, 0.05) is 38.0 Å². The second-order valence-electron chi connectivity index (χ2n) is 9.04. The first kappa shape index (κ1) is 28.2. The maximum atomic E-state index is 13.4. The highest BCUT2D eigenvalue weighted by Gasteiger charge is 2.44. The zero-order chi connectivity index (χ0) is 28.2. The molecule has 1 aliphatic rings. The molecule has 1 aromatic carbocycles. The normalized spacial score (nSPS) is 17.1. The number of carbonyl (C=O) groups is 2. The fourth-order valence-corrected chi connectivity index (χ4v) is 4.41. The first-order chi connectivity index (χ1) is 18.5. The first-order valence-corrected chi connectivity index (χ1v) is 12.2. The number of ketones is 1. The zero-order valence-electron chi connectivity index (χ0n) is 20.7. The average molecular weight is 566 g/mol. The van der Waals surface area contributed by atoms with Crippen LogP contribution in [0.15, 0.2) is 48.9 Å². The fourth-order valence-electron chi connectivity index (χ4n) is 4.18. The number of halogens is 5. The molecule has 1 fully saturated rings. The molecule has 1 aliphatic heterocycles. The Balaban J connectivity index is 1.44. The highest BCUT2D eigenvalue weighted by molar-refractivity contribution is 6.31. The van der Waals surface area contributed by atoms with E-state index in [2.05, 4.69) is 25.9 Å². The van der Waals surface area contributed by atoms with Gasteiger partial charge in [0.05, 0.1) is 58.1 Å². The standard InChI is InChI=1S/C26H24ClF4N5O3/c1-32-17-6-15(10-33-11-17)23(37)9-25(4-5-39-14-25)24(38)35-13-22-20(27)8-18(12-34-22)36-21-3-2-16(28)7-19(21)26(29,30)31/h2-3,6-8,10-12,32,36H,4-5,9,13-14H2,1H3,(H,35,38)/t25-/m0/s1. The van der Waals surface area contributed by atoms with Crippen molar-refractivity contribution in [1.29, 1.82) is 0 Å². The molecule has 2 aromatic heterocycles. The SMILES string of the molecule is CNc1cncc(C(=O)C[C@@]2(C(=O)NCc3ncc(Nc4ccc(F)cc4C(F)(F)F)cc3Cl)CCOC2)c1. The predicted octanol–water partition coefficient (Wildman–Crippen LogP) is 5.37. The summed E-state index contributed by atoms with van der Waals surface area (Å²) < 4.78 is 58.7. The van der Waals surface area contributed by atoms with Crippen molar-refractivity contribution in [2.24, 2.45) is 5.41 Å². The van der Waals surface area contributed by atoms with E-state index in [9.17, 15) is 27.2 Å². The third-order valence-electron chi connectivity index (χ3n) is 6.33. The van der Waals surface area contributed by atoms with Crippen LogP contribution in [0.25, 0.3) is 0 Å². The number of ether oxygens (including phenoxy) is 1. The van der Waals surface area contributed by atoms with Gasteiger partial charge in [0.25, 0.3) is 0 Å². The lowest BCUT2D eigenvalue weighted by Gasteiger charge is -2.25. The lowest BCUT2D eigenvalue weighted by molar-refractivity contribution is -0.137. The molecule has 4 rings (SSSR count). The lowest BCUT2D eigenvalue weighted by atomic mass is 9.80. The van der Waals surface area contributed by atoms with Crippen molar-refractivity contribution in [3.05, 3.63) is 76.6 Å². The van der Waals surface area contributed by atoms with E-state index in [1.165, 1.54) is 18.5 Å². The minimum atomic E-state index is -4.78. The maximum Gasteiger partial charge on any atom is 0.418 e. The van der Waals surface area contributed by atoms with Crippen LogP contribution in [0.5, 0.6) is 0 Å². The van der Waals surface area contributed by atoms with Crippen molar-refractivity contribution < 1.29 is 31.9 Å². The molecule has 0 unspecified atom stereocenters. The van der Waals surface area contributed by atoms with E-state index >= 15 is 0 Å². The van der Waals surface area contributed by atoms with Crippen LogP contribution >= 0.6 is 11.6 Å². The number of hydrogen-bond donors (Lipinski definition) is 3. The highest BCUT2D eigenvalue weighted by Crippen LogP contribution is 2.37. The number of nitrogens with zero attached hydrogens (tertiary/aromatic N) is 2. The molecule has 3 heterocycles. The van der Waals surface area contributed by atoms with Crippen LogP contribution in [0, 0.1) is 11.2 Å². The van der Waals surface area contributed by atoms with Gasteiger partial charge in [-0.15, -0.1) is 0 Å². The molecule has 0 spiro atoms. The lowest BCUT2D eigenvalue weighted by Crippen LogP contribution is -2.43. The summed E-state index contributed by atoms with van der Waals surface area (Å²) in [5.74, 6) is -1.69. The number of anilines is 3. The Morgan fingerprint density at radius 3 is 2.59 bits per heavy atom. The van der Waals surface area contributed by atoms with E-state index in [0.29, 0.717) is 30.3 Å². The van der Waals surface area contributed by atoms with Crippen LogP contribution < -0.4 is 16.0 Å². The predicted molar refractivity (Wildman–Crippen MR) is 136 cm³/mol. The Kier molecular flexibility index (Phi) is 8.36. The summed E-state index contributed by atoms with van der Waals surface area (Å²) in [6, 6.07) is 5.26. The Bertz CT molecular complexity index is 1380. The maximum absolute atomic E-state index is 13.4. The fraction of sp³-hybridized carbons (Fsp3) is 0.308. The van der Waals surface area contributed by atoms with Gasteiger partial charge in [-0.2, -0.15) is 13.2 Å². The van der Waals surface area contributed by atoms with Crippen molar-refractivity contribution in [3.63, 3.8) is 0 Å². The number of aromatic nitrogens is 2. The van der Waals surface area contributed by atoms with Crippen LogP contribution in [0.4, 0.5) is 34.6 Å². The van der Waals surface area contributed by atoms with Gasteiger partial charge in [-0.25, -0.2) is 4.39 Å². The van der Waals surface area contributed by atoms with Crippen molar-refractivity contribution in [2.45, 2.75) is 25.6 Å². The topological polar surface area (TPSA) is 105 Å². The molecule has 3 aromatic rings. The van der Waals surface area contributed by atoms with Crippen LogP contribution in [-0.2, 0) is 22.3 Å². The Morgan fingerprint density at radius 2 is 1.92 bits per heavy atom. The molecule has 0 radical (unpaired) electrons. The zero-order valence-corrected chi connectivity index (χ0v) is 21.4. The van der Waals surface area contributed by atoms with Crippen molar-refractivity contribution in [1.82, 2.24) is 15.3 Å². The molecular formula is C26H24ClF4N5O3. The van der Waals surface area contributed by atoms with Crippen molar-refractivity contribution in [2.75, 3.05) is 30.9 Å². The van der Waals surface area contributed by atoms with Gasteiger partial charge in [0.2, 0.25) is 5.91 Å². The van der Waals surface area contributed by atoms with E-state index in [4.69, 9.17) is 16.3 Å². The number of alkyl halides is 3. The second kappa shape index (κ2) is 11.5. The number of carbonyl (C=O) groups excluding carboxylic acids is 2. The Morgan fingerprint density at radius 1 is 1.13 bits per heavy atom. The molecule has 1 saturated heterocycles. The highest BCUT2D eigenvalue weighted by atomic mass is 35.5. The number of hydrogen-bond acceptors (Lipinski definition) is 7. The van der Waals surface area contributed by atoms with Gasteiger partial charge >= 0.3 is 6.18 Å². The van der Waals surface area contributed by atoms with Gasteiger partial charge in [-0.05, 0) is 36.8 Å². The van der Waals surface area contributed by atoms with E-state index in [-0.39, 0.29) is 47.4 Å². The first-order valence-electron chi connectivity index (χ1n) is 11.8. The Labute approximate surface area is 226 Å². The molecule has 0 saturated carbocycles. The summed E-state index contributed by atoms with van der Waals surface area (Å²) >= 11 is 6.29. The minimum absolute atomic E-state index is 0.0624. The van der Waals surface area contributed by atoms with E-state index < -0.39 is 28.9 Å². The van der Waals surface area contributed by atoms with E-state index in [1.54, 1.807) is 19.3 Å². The monoisotopic (exact) mass is 565 g/mol. The van der Waals surface area contributed by atoms with Gasteiger partial charge in [0.1, 0.15) is 5.82 Å². The van der Waals surface area contributed by atoms with Crippen LogP contribution in [0.3, 0.4) is 0 Å². The molecule has 3 N–H and O–H groups in total. The minimum Gasteiger partial charge on any atom is -0.387 e. The quantitative estimate of drug-likeness (QED) is 0.237. The summed E-state index contributed by atoms with van der Waals surface area (Å²) in [6.45, 7) is 0.292. The summed E-state index contributed by atoms with van der Waals surface area (Å²) in [6.07, 6.45) is -0.266. The summed E-state index contributed by atoms with van der Waals surface area (Å²) in [7, 11) is 1.70. The second-order valence-corrected chi connectivity index (χ2v) is 9.45. The molecule has 206 valence electrons. The van der Waals surface area contributed by atoms with Crippen LogP contribution in [0.1, 0.15) is 34.5 Å². The largest absolute Gasteiger partial charge is 0.418 e. The van der Waals surface area contributed by atoms with Gasteiger partial charge in [-0.3, -0.25) is 19.6 Å². The third-order valence-corrected chi connectivity index (χ3v) is 6.66. The number of nitrogens with one attached hydrogen (secondary N) is 3. The van der Waals surface area contributed by atoms with E-state index in [1.807, 2.05) is 0 Å². The van der Waals surface area contributed by atoms with Crippen LogP contribution in [-0.4, -0.2) is 41.9 Å². The molecule has 0 aliphatic carbocycles. The van der Waals surface area contributed by atoms with Crippen molar-refractivity contribution >= 4 is 40.4 Å². The summed E-state index contributed by atoms with van der Waals surface area (Å²) in [5.41, 5.74) is -1.21. The van der Waals surface area contributed by atoms with Crippen molar-refractivity contribution in [3.8, 4) is 0 Å². The molecule has 0 bridgehead atoms. The number of pyridine rings is 2. The smallest absolute Gasteiger partial charge is 0.387 e. The van der Waals surface area contributed by atoms with E-state index in [0.717, 1.165) is 12.1 Å². The summed E-state index contributed by atoms with van der Waals surface area (Å²) in [4.78, 5) is 34.4. The molecule has 13 heteroatoms. The average Bonchev–Trinajstić information content (AvgIpc) is 3.38. The number of rotatable bonds is 9. The number of amides is 1. The molecule has 8 nitrogen and oxygen atoms in total. The molecular weight excluding hydrogens is 542 g/mol. The molecule has 1 atom stereocenters. The van der Waals surface area contributed by atoms with Crippen LogP contribution in [0.2, 0.25) is 5.02 Å². The third kappa shape index (κ3) is 6.63. The van der Waals surface area contributed by atoms with Gasteiger partial charge < -0.3 is 20.7 Å².